The minimum atomic E-state index is -0.379. The molecule has 1 aromatic carbocycles. The molecule has 5 heteroatoms. The average Bonchev–Trinajstić information content (AvgIpc) is 2.36. The molecule has 0 aliphatic heterocycles. The Bertz CT molecular complexity index is 355. The number of rotatable bonds is 5. The topological polar surface area (TPSA) is 72.2 Å². The second-order valence-corrected chi connectivity index (χ2v) is 4.08. The number of unbranched alkanes of at least 4 members (excludes halogenated alkanes) is 2. The van der Waals surface area contributed by atoms with Gasteiger partial charge in [-0.25, -0.2) is 0 Å². The second-order valence-electron chi connectivity index (χ2n) is 3.67. The van der Waals surface area contributed by atoms with Crippen molar-refractivity contribution < 1.29 is 9.59 Å². The minimum absolute atomic E-state index is 0.230. The molecule has 4 nitrogen and oxygen atoms in total. The van der Waals surface area contributed by atoms with Crippen LogP contribution in [0.4, 0.5) is 4.79 Å². The summed E-state index contributed by atoms with van der Waals surface area (Å²) in [7, 11) is 0. The van der Waals surface area contributed by atoms with Crippen LogP contribution in [-0.2, 0) is 0 Å². The van der Waals surface area contributed by atoms with Crippen molar-refractivity contribution in [2.24, 2.45) is 5.73 Å². The monoisotopic (exact) mass is 268 g/mol. The zero-order valence-corrected chi connectivity index (χ0v) is 11.5. The Balaban J connectivity index is 0.000000321. The van der Waals surface area contributed by atoms with Gasteiger partial charge < -0.3 is 11.1 Å². The molecule has 0 spiro atoms. The fraction of sp³-hybridized carbons (Fsp3) is 0.385. The lowest BCUT2D eigenvalue weighted by Crippen LogP contribution is -2.17. The Hall–Kier alpha value is -1.49. The van der Waals surface area contributed by atoms with Crippen LogP contribution in [0, 0.1) is 0 Å². The van der Waals surface area contributed by atoms with E-state index in [1.807, 2.05) is 6.07 Å². The van der Waals surface area contributed by atoms with Crippen LogP contribution in [0.25, 0.3) is 0 Å². The normalized spacial score (nSPS) is 9.00. The molecule has 0 bridgehead atoms. The SMILES string of the molecule is CCCCCNC(=O)S.NC(=O)c1ccccc1. The standard InChI is InChI=1S/C7H7NO.C6H13NOS/c8-7(9)6-4-2-1-3-5-6;1-2-3-4-5-7-6(8)9/h1-5H,(H2,8,9);2-5H2,1H3,(H2,7,8,9). The third-order valence-electron chi connectivity index (χ3n) is 2.11. The lowest BCUT2D eigenvalue weighted by atomic mass is 10.2. The molecular formula is C13H20N2O2S. The summed E-state index contributed by atoms with van der Waals surface area (Å²) in [6.45, 7) is 2.89. The Morgan fingerprint density at radius 1 is 1.22 bits per heavy atom. The molecule has 0 aliphatic rings. The first-order chi connectivity index (χ1) is 8.57. The van der Waals surface area contributed by atoms with E-state index in [2.05, 4.69) is 24.9 Å². The minimum Gasteiger partial charge on any atom is -0.366 e. The van der Waals surface area contributed by atoms with E-state index in [4.69, 9.17) is 5.73 Å². The van der Waals surface area contributed by atoms with E-state index in [1.165, 1.54) is 12.8 Å². The van der Waals surface area contributed by atoms with Crippen LogP contribution < -0.4 is 11.1 Å². The lowest BCUT2D eigenvalue weighted by molar-refractivity contribution is 0.100. The molecule has 0 aromatic heterocycles. The van der Waals surface area contributed by atoms with Gasteiger partial charge in [-0.05, 0) is 18.6 Å². The van der Waals surface area contributed by atoms with Crippen molar-refractivity contribution in [1.82, 2.24) is 5.32 Å². The van der Waals surface area contributed by atoms with Gasteiger partial charge in [0.25, 0.3) is 5.24 Å². The Morgan fingerprint density at radius 2 is 1.83 bits per heavy atom. The summed E-state index contributed by atoms with van der Waals surface area (Å²) < 4.78 is 0. The van der Waals surface area contributed by atoms with Gasteiger partial charge in [0.15, 0.2) is 0 Å². The summed E-state index contributed by atoms with van der Waals surface area (Å²) in [5.74, 6) is -0.379. The molecule has 3 N–H and O–H groups in total. The van der Waals surface area contributed by atoms with Crippen molar-refractivity contribution in [1.29, 1.82) is 0 Å². The zero-order chi connectivity index (χ0) is 13.8. The zero-order valence-electron chi connectivity index (χ0n) is 10.6. The summed E-state index contributed by atoms with van der Waals surface area (Å²) in [4.78, 5) is 20.6. The van der Waals surface area contributed by atoms with Crippen LogP contribution in [0.2, 0.25) is 0 Å². The molecule has 1 rings (SSSR count). The highest BCUT2D eigenvalue weighted by atomic mass is 32.1. The molecule has 0 unspecified atom stereocenters. The van der Waals surface area contributed by atoms with Crippen LogP contribution in [0.1, 0.15) is 36.5 Å². The number of carbonyl (C=O) groups is 2. The molecule has 0 saturated heterocycles. The van der Waals surface area contributed by atoms with Gasteiger partial charge in [0.2, 0.25) is 5.91 Å². The fourth-order valence-electron chi connectivity index (χ4n) is 1.17. The van der Waals surface area contributed by atoms with Crippen LogP contribution in [0.5, 0.6) is 0 Å². The number of carbonyl (C=O) groups excluding carboxylic acids is 2. The largest absolute Gasteiger partial charge is 0.366 e. The van der Waals surface area contributed by atoms with Crippen LogP contribution >= 0.6 is 12.6 Å². The summed E-state index contributed by atoms with van der Waals surface area (Å²) in [5, 5.41) is 2.38. The number of primary amides is 1. The Morgan fingerprint density at radius 3 is 2.22 bits per heavy atom. The van der Waals surface area contributed by atoms with Gasteiger partial charge in [-0.15, -0.1) is 0 Å². The molecule has 0 aliphatic carbocycles. The van der Waals surface area contributed by atoms with E-state index in [1.54, 1.807) is 24.3 Å². The predicted octanol–water partition coefficient (Wildman–Crippen LogP) is 2.60. The lowest BCUT2D eigenvalue weighted by Gasteiger charge is -1.97. The van der Waals surface area contributed by atoms with Crippen molar-refractivity contribution in [2.75, 3.05) is 6.54 Å². The van der Waals surface area contributed by atoms with E-state index >= 15 is 0 Å². The van der Waals surface area contributed by atoms with Crippen molar-refractivity contribution in [3.8, 4) is 0 Å². The summed E-state index contributed by atoms with van der Waals surface area (Å²) >= 11 is 3.55. The number of thiol groups is 1. The van der Waals surface area contributed by atoms with Crippen molar-refractivity contribution in [2.45, 2.75) is 26.2 Å². The van der Waals surface area contributed by atoms with Gasteiger partial charge in [0.05, 0.1) is 0 Å². The molecule has 100 valence electrons. The highest BCUT2D eigenvalue weighted by molar-refractivity contribution is 7.96. The van der Waals surface area contributed by atoms with E-state index < -0.39 is 0 Å². The predicted molar refractivity (Wildman–Crippen MR) is 76.9 cm³/mol. The molecule has 1 aromatic rings. The van der Waals surface area contributed by atoms with Crippen LogP contribution in [0.3, 0.4) is 0 Å². The third kappa shape index (κ3) is 9.72. The van der Waals surface area contributed by atoms with Gasteiger partial charge in [0, 0.05) is 12.1 Å². The third-order valence-corrected chi connectivity index (χ3v) is 2.27. The number of hydrogen-bond donors (Lipinski definition) is 3. The first-order valence-electron chi connectivity index (χ1n) is 5.89. The molecule has 0 saturated carbocycles. The average molecular weight is 268 g/mol. The molecule has 0 atom stereocenters. The van der Waals surface area contributed by atoms with E-state index in [0.29, 0.717) is 5.56 Å². The molecular weight excluding hydrogens is 248 g/mol. The Kier molecular flexibility index (Phi) is 9.77. The smallest absolute Gasteiger partial charge is 0.275 e. The van der Waals surface area contributed by atoms with Gasteiger partial charge >= 0.3 is 0 Å². The highest BCUT2D eigenvalue weighted by Crippen LogP contribution is 1.94. The maximum Gasteiger partial charge on any atom is 0.275 e. The molecule has 0 heterocycles. The van der Waals surface area contributed by atoms with Crippen molar-refractivity contribution in [3.63, 3.8) is 0 Å². The summed E-state index contributed by atoms with van der Waals surface area (Å²) in [5.41, 5.74) is 5.53. The van der Waals surface area contributed by atoms with Gasteiger partial charge in [0.1, 0.15) is 0 Å². The first kappa shape index (κ1) is 16.5. The number of benzene rings is 1. The van der Waals surface area contributed by atoms with Crippen molar-refractivity contribution >= 4 is 23.8 Å². The number of nitrogens with one attached hydrogen (secondary N) is 1. The van der Waals surface area contributed by atoms with Gasteiger partial charge in [-0.2, -0.15) is 0 Å². The van der Waals surface area contributed by atoms with Crippen molar-refractivity contribution in [3.05, 3.63) is 35.9 Å². The number of hydrogen-bond acceptors (Lipinski definition) is 2. The van der Waals surface area contributed by atoms with Gasteiger partial charge in [-0.3, -0.25) is 9.59 Å². The first-order valence-corrected chi connectivity index (χ1v) is 6.34. The van der Waals surface area contributed by atoms with Gasteiger partial charge in [-0.1, -0.05) is 50.6 Å². The summed E-state index contributed by atoms with van der Waals surface area (Å²) in [6, 6.07) is 8.76. The summed E-state index contributed by atoms with van der Waals surface area (Å²) in [6.07, 6.45) is 3.42. The molecule has 18 heavy (non-hydrogen) atoms. The Labute approximate surface area is 113 Å². The number of nitrogens with two attached hydrogens (primary N) is 1. The van der Waals surface area contributed by atoms with Crippen LogP contribution in [0.15, 0.2) is 30.3 Å². The fourth-order valence-corrected chi connectivity index (χ4v) is 1.28. The van der Waals surface area contributed by atoms with E-state index in [-0.39, 0.29) is 11.1 Å². The molecule has 2 amide bonds. The highest BCUT2D eigenvalue weighted by Gasteiger charge is 1.93. The van der Waals surface area contributed by atoms with E-state index in [0.717, 1.165) is 13.0 Å². The number of amides is 2. The maximum absolute atomic E-state index is 10.4. The van der Waals surface area contributed by atoms with E-state index in [9.17, 15) is 9.59 Å². The molecule has 0 radical (unpaired) electrons. The second kappa shape index (κ2) is 10.7. The maximum atomic E-state index is 10.4. The van der Waals surface area contributed by atoms with Crippen LogP contribution in [-0.4, -0.2) is 17.7 Å². The quantitative estimate of drug-likeness (QED) is 0.567. The molecule has 0 fully saturated rings.